The molecule has 0 heterocycles. The minimum Gasteiger partial charge on any atom is -0.481 e. The fourth-order valence-electron chi connectivity index (χ4n) is 2.72. The van der Waals surface area contributed by atoms with Gasteiger partial charge in [0, 0.05) is 6.42 Å². The standard InChI is InChI=1S/C18H36O5/c1-2-3-4-6-10-16(20)14-17(21)13-12-15(19)9-7-5-8-11-18(22)23/h15-17,19-21H,2-14H2,1H3,(H,22,23). The number of hydrogen-bond donors (Lipinski definition) is 4. The lowest BCUT2D eigenvalue weighted by Gasteiger charge is -2.17. The maximum Gasteiger partial charge on any atom is 0.303 e. The first kappa shape index (κ1) is 22.4. The van der Waals surface area contributed by atoms with Crippen LogP contribution in [0.15, 0.2) is 0 Å². The van der Waals surface area contributed by atoms with Gasteiger partial charge in [0.15, 0.2) is 0 Å². The Morgan fingerprint density at radius 1 is 0.739 bits per heavy atom. The summed E-state index contributed by atoms with van der Waals surface area (Å²) in [6, 6.07) is 0. The number of carbonyl (C=O) groups is 1. The first-order chi connectivity index (χ1) is 11.0. The highest BCUT2D eigenvalue weighted by molar-refractivity contribution is 5.66. The SMILES string of the molecule is CCCCCCC(O)CC(O)CCC(O)CCCCCC(=O)O. The molecule has 0 amide bonds. The van der Waals surface area contributed by atoms with Crippen molar-refractivity contribution in [2.75, 3.05) is 0 Å². The van der Waals surface area contributed by atoms with Crippen LogP contribution < -0.4 is 0 Å². The lowest BCUT2D eigenvalue weighted by molar-refractivity contribution is -0.137. The molecule has 0 radical (unpaired) electrons. The average Bonchev–Trinajstić information content (AvgIpc) is 2.49. The molecular weight excluding hydrogens is 296 g/mol. The predicted molar refractivity (Wildman–Crippen MR) is 91.4 cm³/mol. The Bertz CT molecular complexity index is 283. The average molecular weight is 332 g/mol. The summed E-state index contributed by atoms with van der Waals surface area (Å²) in [5.74, 6) is -0.776. The monoisotopic (exact) mass is 332 g/mol. The second-order valence-electron chi connectivity index (χ2n) is 6.62. The third-order valence-electron chi connectivity index (χ3n) is 4.20. The molecule has 5 heteroatoms. The summed E-state index contributed by atoms with van der Waals surface area (Å²) in [4.78, 5) is 10.4. The predicted octanol–water partition coefficient (Wildman–Crippen LogP) is 3.24. The Morgan fingerprint density at radius 2 is 1.26 bits per heavy atom. The molecule has 0 aromatic heterocycles. The summed E-state index contributed by atoms with van der Waals surface area (Å²) in [5, 5.41) is 38.1. The molecule has 0 aromatic carbocycles. The number of aliphatic carboxylic acids is 1. The second-order valence-corrected chi connectivity index (χ2v) is 6.62. The van der Waals surface area contributed by atoms with Gasteiger partial charge >= 0.3 is 5.97 Å². The van der Waals surface area contributed by atoms with Crippen molar-refractivity contribution >= 4 is 5.97 Å². The van der Waals surface area contributed by atoms with Crippen molar-refractivity contribution in [2.45, 2.75) is 109 Å². The van der Waals surface area contributed by atoms with E-state index < -0.39 is 24.3 Å². The summed E-state index contributed by atoms with van der Waals surface area (Å²) in [6.45, 7) is 2.15. The minimum atomic E-state index is -0.776. The summed E-state index contributed by atoms with van der Waals surface area (Å²) >= 11 is 0. The van der Waals surface area contributed by atoms with E-state index in [4.69, 9.17) is 5.11 Å². The molecule has 0 fully saturated rings. The van der Waals surface area contributed by atoms with Crippen LogP contribution in [0.1, 0.15) is 90.4 Å². The largest absolute Gasteiger partial charge is 0.481 e. The summed E-state index contributed by atoms with van der Waals surface area (Å²) in [6.07, 6.45) is 8.29. The van der Waals surface area contributed by atoms with E-state index in [1.165, 1.54) is 12.8 Å². The first-order valence-corrected chi connectivity index (χ1v) is 9.21. The van der Waals surface area contributed by atoms with Crippen LogP contribution in [-0.4, -0.2) is 44.7 Å². The molecule has 0 rings (SSSR count). The molecule has 0 spiro atoms. The van der Waals surface area contributed by atoms with Crippen molar-refractivity contribution in [1.82, 2.24) is 0 Å². The van der Waals surface area contributed by atoms with Gasteiger partial charge in [0.05, 0.1) is 18.3 Å². The fourth-order valence-corrected chi connectivity index (χ4v) is 2.72. The van der Waals surface area contributed by atoms with Crippen molar-refractivity contribution < 1.29 is 25.2 Å². The minimum absolute atomic E-state index is 0.185. The molecule has 0 aromatic rings. The maximum atomic E-state index is 10.4. The summed E-state index contributed by atoms with van der Waals surface area (Å²) in [5.41, 5.74) is 0. The summed E-state index contributed by atoms with van der Waals surface area (Å²) < 4.78 is 0. The van der Waals surface area contributed by atoms with E-state index in [9.17, 15) is 20.1 Å². The van der Waals surface area contributed by atoms with Gasteiger partial charge in [-0.05, 0) is 38.5 Å². The van der Waals surface area contributed by atoms with Gasteiger partial charge in [-0.25, -0.2) is 0 Å². The Labute approximate surface area is 140 Å². The van der Waals surface area contributed by atoms with Gasteiger partial charge in [-0.2, -0.15) is 0 Å². The lowest BCUT2D eigenvalue weighted by Crippen LogP contribution is -2.19. The van der Waals surface area contributed by atoms with E-state index in [0.717, 1.165) is 32.1 Å². The van der Waals surface area contributed by atoms with Crippen molar-refractivity contribution in [2.24, 2.45) is 0 Å². The molecule has 138 valence electrons. The number of carboxylic acid groups (broad SMARTS) is 1. The van der Waals surface area contributed by atoms with E-state index in [1.54, 1.807) is 0 Å². The molecule has 3 unspecified atom stereocenters. The molecule has 4 N–H and O–H groups in total. The molecule has 0 bridgehead atoms. The highest BCUT2D eigenvalue weighted by Crippen LogP contribution is 2.15. The van der Waals surface area contributed by atoms with E-state index in [0.29, 0.717) is 32.1 Å². The number of unbranched alkanes of at least 4 members (excludes halogenated alkanes) is 5. The van der Waals surface area contributed by atoms with Crippen LogP contribution in [-0.2, 0) is 4.79 Å². The highest BCUT2D eigenvalue weighted by Gasteiger charge is 2.14. The van der Waals surface area contributed by atoms with Crippen molar-refractivity contribution in [3.8, 4) is 0 Å². The van der Waals surface area contributed by atoms with Crippen LogP contribution in [0.4, 0.5) is 0 Å². The van der Waals surface area contributed by atoms with E-state index >= 15 is 0 Å². The molecular formula is C18H36O5. The van der Waals surface area contributed by atoms with E-state index in [-0.39, 0.29) is 6.42 Å². The first-order valence-electron chi connectivity index (χ1n) is 9.21. The zero-order chi connectivity index (χ0) is 17.5. The highest BCUT2D eigenvalue weighted by atomic mass is 16.4. The Balaban J connectivity index is 3.55. The molecule has 23 heavy (non-hydrogen) atoms. The van der Waals surface area contributed by atoms with E-state index in [1.807, 2.05) is 0 Å². The van der Waals surface area contributed by atoms with Crippen LogP contribution in [0, 0.1) is 0 Å². The number of carboxylic acids is 1. The Morgan fingerprint density at radius 3 is 1.87 bits per heavy atom. The zero-order valence-corrected chi connectivity index (χ0v) is 14.6. The number of aliphatic hydroxyl groups is 3. The summed E-state index contributed by atoms with van der Waals surface area (Å²) in [7, 11) is 0. The molecule has 0 saturated heterocycles. The third-order valence-corrected chi connectivity index (χ3v) is 4.20. The number of aliphatic hydroxyl groups excluding tert-OH is 3. The van der Waals surface area contributed by atoms with Crippen LogP contribution in [0.3, 0.4) is 0 Å². The molecule has 3 atom stereocenters. The Hall–Kier alpha value is -0.650. The topological polar surface area (TPSA) is 98.0 Å². The Kier molecular flexibility index (Phi) is 14.5. The van der Waals surface area contributed by atoms with Gasteiger partial charge in [-0.1, -0.05) is 45.4 Å². The fraction of sp³-hybridized carbons (Fsp3) is 0.944. The van der Waals surface area contributed by atoms with Crippen LogP contribution >= 0.6 is 0 Å². The molecule has 0 aliphatic carbocycles. The van der Waals surface area contributed by atoms with Gasteiger partial charge in [0.25, 0.3) is 0 Å². The lowest BCUT2D eigenvalue weighted by atomic mass is 9.99. The smallest absolute Gasteiger partial charge is 0.303 e. The molecule has 0 aliphatic rings. The van der Waals surface area contributed by atoms with Crippen LogP contribution in [0.2, 0.25) is 0 Å². The van der Waals surface area contributed by atoms with Gasteiger partial charge in [-0.3, -0.25) is 4.79 Å². The molecule has 0 saturated carbocycles. The molecule has 0 aliphatic heterocycles. The third kappa shape index (κ3) is 16.0. The number of hydrogen-bond acceptors (Lipinski definition) is 4. The van der Waals surface area contributed by atoms with Crippen LogP contribution in [0.5, 0.6) is 0 Å². The van der Waals surface area contributed by atoms with Crippen LogP contribution in [0.25, 0.3) is 0 Å². The van der Waals surface area contributed by atoms with Crippen molar-refractivity contribution in [3.63, 3.8) is 0 Å². The van der Waals surface area contributed by atoms with Crippen molar-refractivity contribution in [1.29, 1.82) is 0 Å². The van der Waals surface area contributed by atoms with Gasteiger partial charge in [-0.15, -0.1) is 0 Å². The van der Waals surface area contributed by atoms with Gasteiger partial charge in [0.2, 0.25) is 0 Å². The number of rotatable bonds is 16. The molecule has 5 nitrogen and oxygen atoms in total. The van der Waals surface area contributed by atoms with E-state index in [2.05, 4.69) is 6.92 Å². The zero-order valence-electron chi connectivity index (χ0n) is 14.6. The van der Waals surface area contributed by atoms with Gasteiger partial charge < -0.3 is 20.4 Å². The quantitative estimate of drug-likeness (QED) is 0.325. The second kappa shape index (κ2) is 14.9. The van der Waals surface area contributed by atoms with Crippen molar-refractivity contribution in [3.05, 3.63) is 0 Å². The normalized spacial score (nSPS) is 15.3. The maximum absolute atomic E-state index is 10.4. The van der Waals surface area contributed by atoms with Gasteiger partial charge in [0.1, 0.15) is 0 Å².